The molecular weight excluding hydrogens is 454 g/mol. The lowest BCUT2D eigenvalue weighted by molar-refractivity contribution is -0.121. The van der Waals surface area contributed by atoms with Gasteiger partial charge in [-0.1, -0.05) is 42.5 Å². The Morgan fingerprint density at radius 2 is 1.78 bits per heavy atom. The Morgan fingerprint density at radius 1 is 1.00 bits per heavy atom. The number of hydrogen-bond acceptors (Lipinski definition) is 5. The molecule has 0 bridgehead atoms. The molecule has 1 atom stereocenters. The van der Waals surface area contributed by atoms with Gasteiger partial charge >= 0.3 is 0 Å². The number of benzene rings is 3. The number of nitrogens with zero attached hydrogens (tertiary/aromatic N) is 1. The fraction of sp³-hybridized carbons (Fsp3) is 0.276. The van der Waals surface area contributed by atoms with Crippen molar-refractivity contribution >= 4 is 29.0 Å². The van der Waals surface area contributed by atoms with Crippen LogP contribution in [-0.4, -0.2) is 37.8 Å². The van der Waals surface area contributed by atoms with Gasteiger partial charge in [0.15, 0.2) is 0 Å². The molecule has 1 saturated heterocycles. The third kappa shape index (κ3) is 4.82. The zero-order chi connectivity index (χ0) is 25.1. The highest BCUT2D eigenvalue weighted by Gasteiger charge is 2.29. The standard InChI is InChI=1S/C29H29N3O4/c1-36-21-11-12-22(25(18-21)32-14-6-3-7-15-32)27(20-8-4-2-5-9-20)31-26(33)17-19-10-13-24-23(16-19)28(34)29(35)30-24/h2,4-5,8-13,16,18,27H,3,6-7,14-15,17H2,1H3,(H,31,33)(H,30,34,35). The topological polar surface area (TPSA) is 87.7 Å². The number of carbonyl (C=O) groups is 3. The molecule has 0 radical (unpaired) electrons. The van der Waals surface area contributed by atoms with Crippen LogP contribution in [-0.2, 0) is 16.0 Å². The fourth-order valence-electron chi connectivity index (χ4n) is 4.99. The lowest BCUT2D eigenvalue weighted by Gasteiger charge is -2.33. The Bertz CT molecular complexity index is 1300. The maximum absolute atomic E-state index is 13.3. The minimum Gasteiger partial charge on any atom is -0.497 e. The summed E-state index contributed by atoms with van der Waals surface area (Å²) in [6, 6.07) is 20.6. The predicted molar refractivity (Wildman–Crippen MR) is 139 cm³/mol. The molecule has 36 heavy (non-hydrogen) atoms. The monoisotopic (exact) mass is 483 g/mol. The number of methoxy groups -OCH3 is 1. The minimum atomic E-state index is -0.638. The summed E-state index contributed by atoms with van der Waals surface area (Å²) < 4.78 is 5.53. The van der Waals surface area contributed by atoms with Crippen molar-refractivity contribution in [3.8, 4) is 5.75 Å². The van der Waals surface area contributed by atoms with Gasteiger partial charge in [0.05, 0.1) is 30.8 Å². The second-order valence-electron chi connectivity index (χ2n) is 9.22. The molecule has 7 nitrogen and oxygen atoms in total. The second-order valence-corrected chi connectivity index (χ2v) is 9.22. The van der Waals surface area contributed by atoms with Crippen LogP contribution in [0.3, 0.4) is 0 Å². The van der Waals surface area contributed by atoms with Crippen LogP contribution in [0.1, 0.15) is 52.4 Å². The third-order valence-corrected chi connectivity index (χ3v) is 6.83. The van der Waals surface area contributed by atoms with E-state index < -0.39 is 11.7 Å². The quantitative estimate of drug-likeness (QED) is 0.490. The molecule has 7 heteroatoms. The van der Waals surface area contributed by atoms with E-state index in [1.807, 2.05) is 42.5 Å². The molecule has 2 heterocycles. The molecule has 3 aromatic rings. The van der Waals surface area contributed by atoms with Crippen molar-refractivity contribution in [3.63, 3.8) is 0 Å². The molecule has 2 N–H and O–H groups in total. The molecule has 3 aromatic carbocycles. The first-order valence-corrected chi connectivity index (χ1v) is 12.3. The Labute approximate surface area is 210 Å². The molecular formula is C29H29N3O4. The van der Waals surface area contributed by atoms with Crippen molar-refractivity contribution in [2.24, 2.45) is 0 Å². The summed E-state index contributed by atoms with van der Waals surface area (Å²) in [5, 5.41) is 5.77. The number of ketones is 1. The second kappa shape index (κ2) is 10.2. The Kier molecular flexibility index (Phi) is 6.71. The first-order valence-electron chi connectivity index (χ1n) is 12.3. The summed E-state index contributed by atoms with van der Waals surface area (Å²) in [5.74, 6) is -0.600. The Balaban J connectivity index is 1.45. The van der Waals surface area contributed by atoms with E-state index in [1.165, 1.54) is 6.42 Å². The van der Waals surface area contributed by atoms with E-state index in [2.05, 4.69) is 21.6 Å². The van der Waals surface area contributed by atoms with Crippen LogP contribution < -0.4 is 20.3 Å². The first-order chi connectivity index (χ1) is 17.5. The van der Waals surface area contributed by atoms with E-state index in [1.54, 1.807) is 25.3 Å². The van der Waals surface area contributed by atoms with Crippen LogP contribution in [0, 0.1) is 0 Å². The highest BCUT2D eigenvalue weighted by atomic mass is 16.5. The molecule has 184 valence electrons. The van der Waals surface area contributed by atoms with Gasteiger partial charge in [-0.05, 0) is 48.6 Å². The number of ether oxygens (including phenoxy) is 1. The summed E-state index contributed by atoms with van der Waals surface area (Å²) in [5.41, 5.74) is 4.53. The third-order valence-electron chi connectivity index (χ3n) is 6.83. The number of hydrogen-bond donors (Lipinski definition) is 2. The highest BCUT2D eigenvalue weighted by molar-refractivity contribution is 6.51. The van der Waals surface area contributed by atoms with E-state index in [9.17, 15) is 14.4 Å². The normalized spacial score (nSPS) is 15.8. The van der Waals surface area contributed by atoms with Gasteiger partial charge in [-0.2, -0.15) is 0 Å². The van der Waals surface area contributed by atoms with Crippen molar-refractivity contribution in [1.82, 2.24) is 5.32 Å². The molecule has 5 rings (SSSR count). The van der Waals surface area contributed by atoms with Gasteiger partial charge in [0.1, 0.15) is 5.75 Å². The van der Waals surface area contributed by atoms with Crippen LogP contribution in [0.4, 0.5) is 11.4 Å². The molecule has 1 unspecified atom stereocenters. The number of carbonyl (C=O) groups excluding carboxylic acids is 3. The Morgan fingerprint density at radius 3 is 2.53 bits per heavy atom. The van der Waals surface area contributed by atoms with E-state index >= 15 is 0 Å². The molecule has 2 amide bonds. The molecule has 0 aliphatic carbocycles. The minimum absolute atomic E-state index is 0.0906. The van der Waals surface area contributed by atoms with E-state index in [0.717, 1.165) is 48.5 Å². The summed E-state index contributed by atoms with van der Waals surface area (Å²) in [6.45, 7) is 1.93. The van der Waals surface area contributed by atoms with Crippen LogP contribution in [0.25, 0.3) is 0 Å². The fourth-order valence-corrected chi connectivity index (χ4v) is 4.99. The van der Waals surface area contributed by atoms with E-state index in [-0.39, 0.29) is 18.4 Å². The van der Waals surface area contributed by atoms with Gasteiger partial charge in [0.25, 0.3) is 11.7 Å². The Hall–Kier alpha value is -4.13. The number of rotatable bonds is 7. The SMILES string of the molecule is COc1ccc(C(NC(=O)Cc2ccc3c(c2)C(=O)C(=O)N3)c2ccccc2)c(N2CCCCC2)c1. The number of Topliss-reactive ketones (excluding diaryl/α,β-unsaturated/α-hetero) is 1. The van der Waals surface area contributed by atoms with Crippen LogP contribution in [0.2, 0.25) is 0 Å². The molecule has 1 fully saturated rings. The van der Waals surface area contributed by atoms with Gasteiger partial charge in [0, 0.05) is 30.4 Å². The largest absolute Gasteiger partial charge is 0.497 e. The van der Waals surface area contributed by atoms with E-state index in [0.29, 0.717) is 16.8 Å². The summed E-state index contributed by atoms with van der Waals surface area (Å²) >= 11 is 0. The van der Waals surface area contributed by atoms with Crippen molar-refractivity contribution < 1.29 is 19.1 Å². The van der Waals surface area contributed by atoms with Crippen LogP contribution in [0.15, 0.2) is 66.7 Å². The lowest BCUT2D eigenvalue weighted by atomic mass is 9.95. The summed E-state index contributed by atoms with van der Waals surface area (Å²) in [7, 11) is 1.66. The summed E-state index contributed by atoms with van der Waals surface area (Å²) in [4.78, 5) is 39.5. The molecule has 0 aromatic heterocycles. The number of piperidine rings is 1. The number of amides is 2. The maximum Gasteiger partial charge on any atom is 0.296 e. The zero-order valence-corrected chi connectivity index (χ0v) is 20.3. The average molecular weight is 484 g/mol. The van der Waals surface area contributed by atoms with Gasteiger partial charge in [-0.3, -0.25) is 14.4 Å². The van der Waals surface area contributed by atoms with Crippen molar-refractivity contribution in [3.05, 3.63) is 89.0 Å². The lowest BCUT2D eigenvalue weighted by Crippen LogP contribution is -2.34. The first kappa shape index (κ1) is 23.6. The summed E-state index contributed by atoms with van der Waals surface area (Å²) in [6.07, 6.45) is 3.58. The van der Waals surface area contributed by atoms with Crippen molar-refractivity contribution in [1.29, 1.82) is 0 Å². The van der Waals surface area contributed by atoms with E-state index in [4.69, 9.17) is 4.74 Å². The smallest absolute Gasteiger partial charge is 0.296 e. The zero-order valence-electron chi connectivity index (χ0n) is 20.3. The number of anilines is 2. The van der Waals surface area contributed by atoms with Crippen LogP contribution in [0.5, 0.6) is 5.75 Å². The number of nitrogens with one attached hydrogen (secondary N) is 2. The molecule has 0 spiro atoms. The van der Waals surface area contributed by atoms with Gasteiger partial charge in [0.2, 0.25) is 5.91 Å². The predicted octanol–water partition coefficient (Wildman–Crippen LogP) is 4.27. The average Bonchev–Trinajstić information content (AvgIpc) is 3.20. The van der Waals surface area contributed by atoms with Gasteiger partial charge in [-0.25, -0.2) is 0 Å². The highest BCUT2D eigenvalue weighted by Crippen LogP contribution is 2.35. The van der Waals surface area contributed by atoms with Gasteiger partial charge < -0.3 is 20.3 Å². The number of fused-ring (bicyclic) bond motifs is 1. The van der Waals surface area contributed by atoms with Crippen molar-refractivity contribution in [2.45, 2.75) is 31.7 Å². The molecule has 0 saturated carbocycles. The van der Waals surface area contributed by atoms with Gasteiger partial charge in [-0.15, -0.1) is 0 Å². The molecule has 2 aliphatic rings. The molecule has 2 aliphatic heterocycles. The maximum atomic E-state index is 13.3. The van der Waals surface area contributed by atoms with Crippen molar-refractivity contribution in [2.75, 3.05) is 30.4 Å². The van der Waals surface area contributed by atoms with Crippen LogP contribution >= 0.6 is 0 Å².